The molecule has 0 fully saturated rings. The topological polar surface area (TPSA) is 72.2 Å². The van der Waals surface area contributed by atoms with Crippen LogP contribution >= 0.6 is 0 Å². The molecule has 3 aromatic rings. The van der Waals surface area contributed by atoms with Crippen LogP contribution in [0.1, 0.15) is 11.1 Å². The number of fused-ring (bicyclic) bond motifs is 1. The molecule has 0 atom stereocenters. The lowest BCUT2D eigenvalue weighted by molar-refractivity contribution is 0.597. The van der Waals surface area contributed by atoms with Crippen LogP contribution in [0, 0.1) is 0 Å². The third-order valence-electron chi connectivity index (χ3n) is 3.99. The highest BCUT2D eigenvalue weighted by molar-refractivity contribution is 7.89. The molecule has 0 aliphatic heterocycles. The standard InChI is InChI=1S/C19H20N2O2S/c20-24(22,23)19-9-6-15(7-10-19)11-12-21-14-16-5-8-17-3-1-2-4-18(17)13-16/h1-10,13,21H,11-12,14H2,(H2,20,22,23). The highest BCUT2D eigenvalue weighted by atomic mass is 32.2. The van der Waals surface area contributed by atoms with Crippen molar-refractivity contribution in [3.05, 3.63) is 77.9 Å². The highest BCUT2D eigenvalue weighted by Gasteiger charge is 2.06. The van der Waals surface area contributed by atoms with Crippen molar-refractivity contribution in [1.82, 2.24) is 5.32 Å². The molecule has 124 valence electrons. The Bertz CT molecular complexity index is 935. The minimum atomic E-state index is -3.61. The molecule has 0 aliphatic carbocycles. The van der Waals surface area contributed by atoms with Crippen LogP contribution in [0.15, 0.2) is 71.6 Å². The summed E-state index contributed by atoms with van der Waals surface area (Å²) in [5.41, 5.74) is 2.33. The van der Waals surface area contributed by atoms with Gasteiger partial charge in [0.2, 0.25) is 10.0 Å². The Balaban J connectivity index is 1.53. The molecule has 3 aromatic carbocycles. The molecule has 3 rings (SSSR count). The summed E-state index contributed by atoms with van der Waals surface area (Å²) in [6.07, 6.45) is 0.832. The van der Waals surface area contributed by atoms with Gasteiger partial charge in [-0.25, -0.2) is 13.6 Å². The van der Waals surface area contributed by atoms with E-state index in [1.165, 1.54) is 16.3 Å². The minimum Gasteiger partial charge on any atom is -0.312 e. The van der Waals surface area contributed by atoms with Crippen LogP contribution in [0.5, 0.6) is 0 Å². The first kappa shape index (κ1) is 16.6. The summed E-state index contributed by atoms with van der Waals surface area (Å²) >= 11 is 0. The lowest BCUT2D eigenvalue weighted by Gasteiger charge is -2.07. The van der Waals surface area contributed by atoms with Gasteiger partial charge in [0.15, 0.2) is 0 Å². The molecule has 0 bridgehead atoms. The summed E-state index contributed by atoms with van der Waals surface area (Å²) in [7, 11) is -3.61. The van der Waals surface area contributed by atoms with Crippen molar-refractivity contribution in [3.8, 4) is 0 Å². The van der Waals surface area contributed by atoms with Crippen LogP contribution in [-0.4, -0.2) is 15.0 Å². The van der Waals surface area contributed by atoms with E-state index in [2.05, 4.69) is 35.6 Å². The van der Waals surface area contributed by atoms with Gasteiger partial charge < -0.3 is 5.32 Å². The maximum Gasteiger partial charge on any atom is 0.238 e. The second-order valence-electron chi connectivity index (χ2n) is 5.80. The van der Waals surface area contributed by atoms with Crippen LogP contribution in [-0.2, 0) is 23.0 Å². The Morgan fingerprint density at radius 3 is 2.21 bits per heavy atom. The number of benzene rings is 3. The van der Waals surface area contributed by atoms with E-state index >= 15 is 0 Å². The first-order chi connectivity index (χ1) is 11.5. The van der Waals surface area contributed by atoms with Crippen LogP contribution in [0.2, 0.25) is 0 Å². The van der Waals surface area contributed by atoms with E-state index in [9.17, 15) is 8.42 Å². The predicted octanol–water partition coefficient (Wildman–Crippen LogP) is 2.82. The first-order valence-corrected chi connectivity index (χ1v) is 9.37. The predicted molar refractivity (Wildman–Crippen MR) is 97.2 cm³/mol. The minimum absolute atomic E-state index is 0.148. The molecule has 0 saturated heterocycles. The lowest BCUT2D eigenvalue weighted by atomic mass is 10.1. The lowest BCUT2D eigenvalue weighted by Crippen LogP contribution is -2.17. The van der Waals surface area contributed by atoms with E-state index in [1.807, 2.05) is 12.1 Å². The summed E-state index contributed by atoms with van der Waals surface area (Å²) in [6, 6.07) is 21.5. The molecule has 0 saturated carbocycles. The van der Waals surface area contributed by atoms with E-state index in [-0.39, 0.29) is 4.90 Å². The van der Waals surface area contributed by atoms with Gasteiger partial charge in [0.1, 0.15) is 0 Å². The largest absolute Gasteiger partial charge is 0.312 e. The molecular weight excluding hydrogens is 320 g/mol. The molecule has 0 spiro atoms. The van der Waals surface area contributed by atoms with Gasteiger partial charge in [-0.05, 0) is 53.1 Å². The fourth-order valence-electron chi connectivity index (χ4n) is 2.66. The summed E-state index contributed by atoms with van der Waals surface area (Å²) in [4.78, 5) is 0.148. The Morgan fingerprint density at radius 1 is 0.833 bits per heavy atom. The van der Waals surface area contributed by atoms with E-state index in [4.69, 9.17) is 5.14 Å². The quantitative estimate of drug-likeness (QED) is 0.678. The smallest absolute Gasteiger partial charge is 0.238 e. The zero-order valence-corrected chi connectivity index (χ0v) is 14.1. The van der Waals surface area contributed by atoms with Gasteiger partial charge in [-0.1, -0.05) is 48.5 Å². The van der Waals surface area contributed by atoms with Crippen molar-refractivity contribution in [3.63, 3.8) is 0 Å². The molecule has 0 unspecified atom stereocenters. The number of primary sulfonamides is 1. The first-order valence-electron chi connectivity index (χ1n) is 7.82. The maximum absolute atomic E-state index is 11.2. The third kappa shape index (κ3) is 4.20. The number of hydrogen-bond acceptors (Lipinski definition) is 3. The van der Waals surface area contributed by atoms with Gasteiger partial charge in [0, 0.05) is 6.54 Å². The monoisotopic (exact) mass is 340 g/mol. The zero-order chi connectivity index (χ0) is 17.0. The molecule has 0 aromatic heterocycles. The molecule has 4 nitrogen and oxygen atoms in total. The normalized spacial score (nSPS) is 11.7. The number of rotatable bonds is 6. The van der Waals surface area contributed by atoms with Crippen LogP contribution in [0.4, 0.5) is 0 Å². The zero-order valence-electron chi connectivity index (χ0n) is 13.3. The second-order valence-corrected chi connectivity index (χ2v) is 7.36. The molecule has 24 heavy (non-hydrogen) atoms. The second kappa shape index (κ2) is 7.13. The fraction of sp³-hybridized carbons (Fsp3) is 0.158. The van der Waals surface area contributed by atoms with Crippen LogP contribution in [0.3, 0.4) is 0 Å². The SMILES string of the molecule is NS(=O)(=O)c1ccc(CCNCc2ccc3ccccc3c2)cc1. The fourth-order valence-corrected chi connectivity index (χ4v) is 3.18. The number of nitrogens with one attached hydrogen (secondary N) is 1. The molecule has 0 radical (unpaired) electrons. The number of nitrogens with two attached hydrogens (primary N) is 1. The Kier molecular flexibility index (Phi) is 4.94. The van der Waals surface area contributed by atoms with Gasteiger partial charge in [-0.2, -0.15) is 0 Å². The Hall–Kier alpha value is -2.21. The molecule has 0 aliphatic rings. The van der Waals surface area contributed by atoms with E-state index < -0.39 is 10.0 Å². The molecule has 0 heterocycles. The van der Waals surface area contributed by atoms with Crippen molar-refractivity contribution in [2.24, 2.45) is 5.14 Å². The Labute approximate surface area is 142 Å². The average Bonchev–Trinajstić information content (AvgIpc) is 2.58. The maximum atomic E-state index is 11.2. The van der Waals surface area contributed by atoms with E-state index in [1.54, 1.807) is 24.3 Å². The molecule has 5 heteroatoms. The van der Waals surface area contributed by atoms with Crippen molar-refractivity contribution >= 4 is 20.8 Å². The Morgan fingerprint density at radius 2 is 1.50 bits per heavy atom. The van der Waals surface area contributed by atoms with Crippen LogP contribution < -0.4 is 10.5 Å². The highest BCUT2D eigenvalue weighted by Crippen LogP contribution is 2.15. The summed E-state index contributed by atoms with van der Waals surface area (Å²) < 4.78 is 22.4. The van der Waals surface area contributed by atoms with E-state index in [0.717, 1.165) is 25.1 Å². The van der Waals surface area contributed by atoms with Crippen molar-refractivity contribution < 1.29 is 8.42 Å². The van der Waals surface area contributed by atoms with E-state index in [0.29, 0.717) is 0 Å². The van der Waals surface area contributed by atoms with Gasteiger partial charge in [0.05, 0.1) is 4.90 Å². The average molecular weight is 340 g/mol. The molecule has 0 amide bonds. The summed E-state index contributed by atoms with van der Waals surface area (Å²) in [6.45, 7) is 1.63. The van der Waals surface area contributed by atoms with Crippen molar-refractivity contribution in [2.75, 3.05) is 6.54 Å². The third-order valence-corrected chi connectivity index (χ3v) is 4.91. The summed E-state index contributed by atoms with van der Waals surface area (Å²) in [5, 5.41) is 11.0. The van der Waals surface area contributed by atoms with Gasteiger partial charge >= 0.3 is 0 Å². The van der Waals surface area contributed by atoms with Crippen molar-refractivity contribution in [1.29, 1.82) is 0 Å². The van der Waals surface area contributed by atoms with Gasteiger partial charge in [-0.3, -0.25) is 0 Å². The number of sulfonamides is 1. The molecular formula is C19H20N2O2S. The van der Waals surface area contributed by atoms with Gasteiger partial charge in [-0.15, -0.1) is 0 Å². The molecule has 3 N–H and O–H groups in total. The summed E-state index contributed by atoms with van der Waals surface area (Å²) in [5.74, 6) is 0. The van der Waals surface area contributed by atoms with Gasteiger partial charge in [0.25, 0.3) is 0 Å². The van der Waals surface area contributed by atoms with Crippen LogP contribution in [0.25, 0.3) is 10.8 Å². The number of hydrogen-bond donors (Lipinski definition) is 2. The van der Waals surface area contributed by atoms with Crippen molar-refractivity contribution in [2.45, 2.75) is 17.9 Å².